The molecule has 0 amide bonds. The molecule has 1 saturated heterocycles. The molecule has 0 radical (unpaired) electrons. The van der Waals surface area contributed by atoms with Crippen molar-refractivity contribution in [3.05, 3.63) is 5.01 Å². The minimum atomic E-state index is 0.549. The average Bonchev–Trinajstić information content (AvgIpc) is 2.83. The number of hydrogen-bond donors (Lipinski definition) is 1. The van der Waals surface area contributed by atoms with Gasteiger partial charge in [-0.15, -0.1) is 10.2 Å². The Morgan fingerprint density at radius 1 is 1.28 bits per heavy atom. The molecule has 0 saturated carbocycles. The van der Waals surface area contributed by atoms with E-state index in [2.05, 4.69) is 26.9 Å². The second kappa shape index (κ2) is 6.45. The van der Waals surface area contributed by atoms with Crippen molar-refractivity contribution >= 4 is 16.5 Å². The highest BCUT2D eigenvalue weighted by atomic mass is 32.1. The number of hydrogen-bond acceptors (Lipinski definition) is 6. The van der Waals surface area contributed by atoms with Gasteiger partial charge in [-0.2, -0.15) is 0 Å². The molecule has 1 aliphatic heterocycles. The zero-order valence-corrected chi connectivity index (χ0v) is 12.1. The van der Waals surface area contributed by atoms with Gasteiger partial charge in [0.2, 0.25) is 5.13 Å². The first-order valence-corrected chi connectivity index (χ1v) is 7.55. The van der Waals surface area contributed by atoms with E-state index in [1.807, 2.05) is 6.92 Å². The smallest absolute Gasteiger partial charge is 0.208 e. The van der Waals surface area contributed by atoms with Gasteiger partial charge in [0.15, 0.2) is 0 Å². The van der Waals surface area contributed by atoms with Crippen molar-refractivity contribution in [3.8, 4) is 0 Å². The highest BCUT2D eigenvalue weighted by Gasteiger charge is 2.23. The number of aromatic nitrogens is 2. The molecule has 1 aromatic rings. The van der Waals surface area contributed by atoms with Crippen LogP contribution in [-0.4, -0.2) is 53.9 Å². The molecular formula is C12H23N5S. The van der Waals surface area contributed by atoms with E-state index in [9.17, 15) is 0 Å². The predicted octanol–water partition coefficient (Wildman–Crippen LogP) is 1.10. The fourth-order valence-corrected chi connectivity index (χ4v) is 3.21. The van der Waals surface area contributed by atoms with E-state index >= 15 is 0 Å². The summed E-state index contributed by atoms with van der Waals surface area (Å²) >= 11 is 1.68. The van der Waals surface area contributed by atoms with Crippen LogP contribution in [-0.2, 0) is 0 Å². The van der Waals surface area contributed by atoms with E-state index < -0.39 is 0 Å². The summed E-state index contributed by atoms with van der Waals surface area (Å²) in [5, 5.41) is 10.4. The summed E-state index contributed by atoms with van der Waals surface area (Å²) in [6, 6.07) is 0.549. The molecule has 6 heteroatoms. The molecule has 0 aromatic carbocycles. The van der Waals surface area contributed by atoms with Gasteiger partial charge < -0.3 is 10.6 Å². The highest BCUT2D eigenvalue weighted by Crippen LogP contribution is 2.21. The summed E-state index contributed by atoms with van der Waals surface area (Å²) in [6.07, 6.45) is 2.41. The zero-order valence-electron chi connectivity index (χ0n) is 11.3. The SMILES string of the molecule is CCCC(CN)N1CCN(c2nnc(C)s2)CC1. The first-order chi connectivity index (χ1) is 8.74. The van der Waals surface area contributed by atoms with Crippen LogP contribution < -0.4 is 10.6 Å². The van der Waals surface area contributed by atoms with E-state index in [0.29, 0.717) is 6.04 Å². The Morgan fingerprint density at radius 3 is 2.50 bits per heavy atom. The summed E-state index contributed by atoms with van der Waals surface area (Å²) in [5.74, 6) is 0. The lowest BCUT2D eigenvalue weighted by atomic mass is 10.1. The first kappa shape index (κ1) is 13.7. The summed E-state index contributed by atoms with van der Waals surface area (Å²) in [6.45, 7) is 9.24. The molecule has 5 nitrogen and oxygen atoms in total. The fourth-order valence-electron chi connectivity index (χ4n) is 2.47. The fraction of sp³-hybridized carbons (Fsp3) is 0.833. The molecule has 2 rings (SSSR count). The quantitative estimate of drug-likeness (QED) is 0.867. The average molecular weight is 269 g/mol. The van der Waals surface area contributed by atoms with E-state index in [4.69, 9.17) is 5.73 Å². The first-order valence-electron chi connectivity index (χ1n) is 6.73. The van der Waals surface area contributed by atoms with Crippen LogP contribution >= 0.6 is 11.3 Å². The van der Waals surface area contributed by atoms with Crippen molar-refractivity contribution in [1.82, 2.24) is 15.1 Å². The Morgan fingerprint density at radius 2 is 2.00 bits per heavy atom. The third-order valence-corrected chi connectivity index (χ3v) is 4.41. The van der Waals surface area contributed by atoms with Crippen LogP contribution in [0.1, 0.15) is 24.8 Å². The molecule has 1 atom stereocenters. The van der Waals surface area contributed by atoms with Crippen LogP contribution in [0.5, 0.6) is 0 Å². The number of piperazine rings is 1. The van der Waals surface area contributed by atoms with Crippen LogP contribution in [0.25, 0.3) is 0 Å². The van der Waals surface area contributed by atoms with Crippen LogP contribution in [0.3, 0.4) is 0 Å². The maximum Gasteiger partial charge on any atom is 0.208 e. The standard InChI is InChI=1S/C12H23N5S/c1-3-4-11(9-13)16-5-7-17(8-6-16)12-15-14-10(2)18-12/h11H,3-9,13H2,1-2H3. The van der Waals surface area contributed by atoms with Crippen molar-refractivity contribution in [3.63, 3.8) is 0 Å². The molecule has 1 fully saturated rings. The second-order valence-corrected chi connectivity index (χ2v) is 5.96. The molecule has 0 bridgehead atoms. The van der Waals surface area contributed by atoms with Crippen molar-refractivity contribution < 1.29 is 0 Å². The zero-order chi connectivity index (χ0) is 13.0. The minimum absolute atomic E-state index is 0.549. The molecule has 2 N–H and O–H groups in total. The topological polar surface area (TPSA) is 58.3 Å². The van der Waals surface area contributed by atoms with Gasteiger partial charge in [-0.3, -0.25) is 4.90 Å². The highest BCUT2D eigenvalue weighted by molar-refractivity contribution is 7.15. The predicted molar refractivity (Wildman–Crippen MR) is 76.2 cm³/mol. The number of nitrogens with two attached hydrogens (primary N) is 1. The molecule has 1 unspecified atom stereocenters. The summed E-state index contributed by atoms with van der Waals surface area (Å²) < 4.78 is 0. The van der Waals surface area contributed by atoms with E-state index in [1.54, 1.807) is 11.3 Å². The minimum Gasteiger partial charge on any atom is -0.344 e. The van der Waals surface area contributed by atoms with Crippen LogP contribution in [0.15, 0.2) is 0 Å². The largest absolute Gasteiger partial charge is 0.344 e. The van der Waals surface area contributed by atoms with Crippen molar-refractivity contribution in [2.24, 2.45) is 5.73 Å². The van der Waals surface area contributed by atoms with Crippen molar-refractivity contribution in [1.29, 1.82) is 0 Å². The van der Waals surface area contributed by atoms with Gasteiger partial charge in [0.25, 0.3) is 0 Å². The van der Waals surface area contributed by atoms with Crippen LogP contribution in [0.4, 0.5) is 5.13 Å². The summed E-state index contributed by atoms with van der Waals surface area (Å²) in [4.78, 5) is 4.86. The third kappa shape index (κ3) is 3.18. The molecular weight excluding hydrogens is 246 g/mol. The van der Waals surface area contributed by atoms with Gasteiger partial charge in [-0.25, -0.2) is 0 Å². The van der Waals surface area contributed by atoms with Gasteiger partial charge in [-0.1, -0.05) is 24.7 Å². The summed E-state index contributed by atoms with van der Waals surface area (Å²) in [7, 11) is 0. The molecule has 102 valence electrons. The van der Waals surface area contributed by atoms with Gasteiger partial charge >= 0.3 is 0 Å². The third-order valence-electron chi connectivity index (χ3n) is 3.51. The van der Waals surface area contributed by atoms with Crippen LogP contribution in [0, 0.1) is 6.92 Å². The molecule has 0 spiro atoms. The lowest BCUT2D eigenvalue weighted by molar-refractivity contribution is 0.179. The van der Waals surface area contributed by atoms with Gasteiger partial charge in [0.1, 0.15) is 5.01 Å². The van der Waals surface area contributed by atoms with E-state index in [1.165, 1.54) is 12.8 Å². The molecule has 1 aliphatic rings. The number of aryl methyl sites for hydroxylation is 1. The Balaban J connectivity index is 1.87. The number of nitrogens with zero attached hydrogens (tertiary/aromatic N) is 4. The normalized spacial score (nSPS) is 19.2. The van der Waals surface area contributed by atoms with Gasteiger partial charge in [-0.05, 0) is 13.3 Å². The van der Waals surface area contributed by atoms with E-state index in [0.717, 1.165) is 42.9 Å². The van der Waals surface area contributed by atoms with Gasteiger partial charge in [0, 0.05) is 38.8 Å². The lowest BCUT2D eigenvalue weighted by Crippen LogP contribution is -2.52. The second-order valence-electron chi connectivity index (χ2n) is 4.80. The number of rotatable bonds is 5. The van der Waals surface area contributed by atoms with Gasteiger partial charge in [0.05, 0.1) is 0 Å². The maximum absolute atomic E-state index is 5.86. The van der Waals surface area contributed by atoms with E-state index in [-0.39, 0.29) is 0 Å². The molecule has 0 aliphatic carbocycles. The number of anilines is 1. The Labute approximate surface area is 113 Å². The Kier molecular flexibility index (Phi) is 4.91. The van der Waals surface area contributed by atoms with Crippen molar-refractivity contribution in [2.75, 3.05) is 37.6 Å². The lowest BCUT2D eigenvalue weighted by Gasteiger charge is -2.38. The Bertz CT molecular complexity index is 359. The molecule has 18 heavy (non-hydrogen) atoms. The molecule has 2 heterocycles. The molecule has 1 aromatic heterocycles. The van der Waals surface area contributed by atoms with Crippen LogP contribution in [0.2, 0.25) is 0 Å². The maximum atomic E-state index is 5.86. The summed E-state index contributed by atoms with van der Waals surface area (Å²) in [5.41, 5.74) is 5.86. The van der Waals surface area contributed by atoms with Crippen molar-refractivity contribution in [2.45, 2.75) is 32.7 Å². The Hall–Kier alpha value is -0.720. The monoisotopic (exact) mass is 269 g/mol.